The predicted octanol–water partition coefficient (Wildman–Crippen LogP) is 4.46. The van der Waals surface area contributed by atoms with E-state index in [2.05, 4.69) is 54.3 Å². The number of benzene rings is 2. The summed E-state index contributed by atoms with van der Waals surface area (Å²) in [6.45, 7) is 12.2. The van der Waals surface area contributed by atoms with Crippen molar-refractivity contribution in [3.8, 4) is 5.82 Å². The molecule has 312 valence electrons. The molecule has 0 bridgehead atoms. The van der Waals surface area contributed by atoms with E-state index in [1.54, 1.807) is 29.8 Å². The zero-order chi connectivity index (χ0) is 41.5. The van der Waals surface area contributed by atoms with Crippen molar-refractivity contribution in [1.82, 2.24) is 34.5 Å². The molecule has 6 heterocycles. The van der Waals surface area contributed by atoms with Gasteiger partial charge in [0.1, 0.15) is 22.8 Å². The molecule has 0 saturated carbocycles. The molecule has 3 aliphatic heterocycles. The van der Waals surface area contributed by atoms with Crippen LogP contribution in [0.2, 0.25) is 0 Å². The number of nitrogens with zero attached hydrogens (tertiary/aromatic N) is 8. The fraction of sp³-hybridized carbons (Fsp3) is 0.409. The monoisotopic (exact) mass is 815 g/mol. The first-order valence-corrected chi connectivity index (χ1v) is 20.8. The van der Waals surface area contributed by atoms with Crippen LogP contribution in [0.4, 0.5) is 33.1 Å². The molecular formula is C44H50FN11O4. The van der Waals surface area contributed by atoms with Crippen molar-refractivity contribution in [3.05, 3.63) is 101 Å². The number of hydrogen-bond acceptors (Lipinski definition) is 12. The molecule has 2 atom stereocenters. The number of rotatable bonds is 11. The molecule has 60 heavy (non-hydrogen) atoms. The Morgan fingerprint density at radius 3 is 2.43 bits per heavy atom. The molecule has 1 aliphatic carbocycles. The Hall–Kier alpha value is -6.13. The number of hydrogen-bond donors (Lipinski definition) is 4. The minimum atomic E-state index is -1.04. The normalized spacial score (nSPS) is 21.3. The van der Waals surface area contributed by atoms with E-state index in [1.165, 1.54) is 16.9 Å². The highest BCUT2D eigenvalue weighted by Crippen LogP contribution is 2.36. The Labute approximate surface area is 346 Å². The van der Waals surface area contributed by atoms with Gasteiger partial charge in [0.15, 0.2) is 11.5 Å². The average molecular weight is 816 g/mol. The number of carbonyl (C=O) groups excluding carboxylic acids is 2. The molecule has 0 radical (unpaired) electrons. The third-order valence-electron chi connectivity index (χ3n) is 12.4. The van der Waals surface area contributed by atoms with E-state index in [0.717, 1.165) is 82.0 Å². The number of aromatic nitrogens is 5. The quantitative estimate of drug-likeness (QED) is 0.110. The first-order valence-electron chi connectivity index (χ1n) is 20.8. The van der Waals surface area contributed by atoms with Gasteiger partial charge in [-0.25, -0.2) is 23.7 Å². The smallest absolute Gasteiger partial charge is 0.278 e. The molecule has 3 saturated heterocycles. The lowest BCUT2D eigenvalue weighted by molar-refractivity contribution is -0.133. The van der Waals surface area contributed by atoms with Crippen LogP contribution in [0.15, 0.2) is 78.2 Å². The number of allylic oxidation sites excluding steroid dienone is 1. The third kappa shape index (κ3) is 7.84. The van der Waals surface area contributed by atoms with Crippen molar-refractivity contribution >= 4 is 51.5 Å². The summed E-state index contributed by atoms with van der Waals surface area (Å²) in [4.78, 5) is 58.2. The van der Waals surface area contributed by atoms with Crippen LogP contribution in [-0.2, 0) is 28.2 Å². The molecule has 4 aliphatic rings. The van der Waals surface area contributed by atoms with Crippen LogP contribution in [0, 0.1) is 11.7 Å². The summed E-state index contributed by atoms with van der Waals surface area (Å²) in [5.74, 6) is 0.410. The summed E-state index contributed by atoms with van der Waals surface area (Å²) in [6.07, 6.45) is 7.17. The van der Waals surface area contributed by atoms with Gasteiger partial charge in [-0.05, 0) is 99.0 Å². The van der Waals surface area contributed by atoms with Gasteiger partial charge in [0.2, 0.25) is 17.8 Å². The van der Waals surface area contributed by atoms with Crippen molar-refractivity contribution in [2.45, 2.75) is 63.6 Å². The molecule has 16 heteroatoms. The number of amides is 2. The van der Waals surface area contributed by atoms with Crippen molar-refractivity contribution in [3.63, 3.8) is 0 Å². The lowest BCUT2D eigenvalue weighted by Gasteiger charge is -2.40. The van der Waals surface area contributed by atoms with Gasteiger partial charge in [0.25, 0.3) is 5.56 Å². The van der Waals surface area contributed by atoms with E-state index in [-0.39, 0.29) is 36.2 Å². The van der Waals surface area contributed by atoms with Gasteiger partial charge >= 0.3 is 0 Å². The topological polar surface area (TPSA) is 166 Å². The number of aryl methyl sites for hydroxylation is 1. The van der Waals surface area contributed by atoms with Crippen LogP contribution < -0.4 is 31.3 Å². The fourth-order valence-electron chi connectivity index (χ4n) is 9.05. The lowest BCUT2D eigenvalue weighted by atomic mass is 9.95. The number of aliphatic hydroxyl groups is 1. The summed E-state index contributed by atoms with van der Waals surface area (Å²) in [7, 11) is 0. The number of piperidine rings is 2. The molecular weight excluding hydrogens is 766 g/mol. The fourth-order valence-corrected chi connectivity index (χ4v) is 9.05. The number of piperazine rings is 1. The van der Waals surface area contributed by atoms with Gasteiger partial charge in [-0.1, -0.05) is 12.1 Å². The SMILES string of the molecule is C=CCn1c(=O)c2cnc(Nc3ccc(N4CCN(CC5CCN(c6ccc(N[C@H]7CCC(=O)NC7=O)cc6F)CC5)CC4)cc3)nc2n1-c1ccc2c(n1)[C@](C)(O)CC2. The van der Waals surface area contributed by atoms with Crippen LogP contribution in [0.5, 0.6) is 0 Å². The largest absolute Gasteiger partial charge is 0.384 e. The standard InChI is InChI=1S/C44H50FN11O4/c1-3-18-55-42(59)33-26-46-43(51-40(33)56(55)37-12-4-29-14-17-44(2,60)39(29)49-37)48-30-5-8-32(9-6-30)53-23-21-52(22-24-53)27-28-15-19-54(20-16-28)36-11-7-31(25-34(36)45)47-35-10-13-38(57)50-41(35)58/h3-9,11-12,25-26,28,35,47,60H,1,10,13-24,27H2,2H3,(H,46,48,51)(H,50,57,58)/t35-,44+/m0/s1. The number of nitrogens with one attached hydrogen (secondary N) is 3. The van der Waals surface area contributed by atoms with Crippen molar-refractivity contribution in [2.24, 2.45) is 5.92 Å². The van der Waals surface area contributed by atoms with Crippen LogP contribution in [0.3, 0.4) is 0 Å². The van der Waals surface area contributed by atoms with E-state index in [4.69, 9.17) is 9.97 Å². The zero-order valence-electron chi connectivity index (χ0n) is 33.7. The number of halogens is 1. The number of anilines is 5. The van der Waals surface area contributed by atoms with Gasteiger partial charge in [-0.3, -0.25) is 24.6 Å². The average Bonchev–Trinajstić information content (AvgIpc) is 3.70. The Balaban J connectivity index is 0.781. The third-order valence-corrected chi connectivity index (χ3v) is 12.4. The van der Waals surface area contributed by atoms with Gasteiger partial charge < -0.3 is 25.5 Å². The summed E-state index contributed by atoms with van der Waals surface area (Å²) >= 11 is 0. The molecule has 2 aromatic carbocycles. The first-order chi connectivity index (χ1) is 29.0. The van der Waals surface area contributed by atoms with E-state index >= 15 is 4.39 Å². The minimum Gasteiger partial charge on any atom is -0.384 e. The summed E-state index contributed by atoms with van der Waals surface area (Å²) in [6, 6.07) is 16.5. The Morgan fingerprint density at radius 1 is 0.933 bits per heavy atom. The zero-order valence-corrected chi connectivity index (χ0v) is 33.7. The van der Waals surface area contributed by atoms with Gasteiger partial charge in [-0.15, -0.1) is 6.58 Å². The first kappa shape index (κ1) is 39.3. The lowest BCUT2D eigenvalue weighted by Crippen LogP contribution is -2.49. The van der Waals surface area contributed by atoms with Gasteiger partial charge in [0.05, 0.1) is 17.9 Å². The van der Waals surface area contributed by atoms with Crippen LogP contribution in [0.1, 0.15) is 50.3 Å². The molecule has 3 fully saturated rings. The van der Waals surface area contributed by atoms with Gasteiger partial charge in [0, 0.05) is 75.5 Å². The Kier molecular flexibility index (Phi) is 10.6. The summed E-state index contributed by atoms with van der Waals surface area (Å²) in [5, 5.41) is 20.0. The molecule has 0 spiro atoms. The van der Waals surface area contributed by atoms with Crippen LogP contribution in [0.25, 0.3) is 16.9 Å². The molecule has 2 amide bonds. The maximum absolute atomic E-state index is 15.2. The highest BCUT2D eigenvalue weighted by atomic mass is 19.1. The molecule has 5 aromatic rings. The van der Waals surface area contributed by atoms with E-state index in [1.807, 2.05) is 24.3 Å². The maximum atomic E-state index is 15.2. The predicted molar refractivity (Wildman–Crippen MR) is 229 cm³/mol. The number of carbonyl (C=O) groups is 2. The highest BCUT2D eigenvalue weighted by molar-refractivity contribution is 6.01. The maximum Gasteiger partial charge on any atom is 0.278 e. The second kappa shape index (κ2) is 16.1. The van der Waals surface area contributed by atoms with E-state index in [9.17, 15) is 19.5 Å². The van der Waals surface area contributed by atoms with Crippen LogP contribution >= 0.6 is 0 Å². The molecule has 15 nitrogen and oxygen atoms in total. The van der Waals surface area contributed by atoms with Gasteiger partial charge in [-0.2, -0.15) is 4.98 Å². The second-order valence-corrected chi connectivity index (χ2v) is 16.6. The Morgan fingerprint density at radius 2 is 1.70 bits per heavy atom. The molecule has 3 aromatic heterocycles. The Bertz CT molecular complexity index is 2500. The van der Waals surface area contributed by atoms with Crippen molar-refractivity contribution in [1.29, 1.82) is 0 Å². The molecule has 0 unspecified atom stereocenters. The van der Waals surface area contributed by atoms with Crippen molar-refractivity contribution in [2.75, 3.05) is 66.2 Å². The van der Waals surface area contributed by atoms with E-state index in [0.29, 0.717) is 58.6 Å². The minimum absolute atomic E-state index is 0.248. The number of imide groups is 1. The van der Waals surface area contributed by atoms with E-state index < -0.39 is 11.6 Å². The highest BCUT2D eigenvalue weighted by Gasteiger charge is 2.34. The van der Waals surface area contributed by atoms with Crippen molar-refractivity contribution < 1.29 is 19.1 Å². The number of pyridine rings is 1. The molecule has 4 N–H and O–H groups in total. The van der Waals surface area contributed by atoms with Crippen LogP contribution in [-0.4, -0.2) is 98.0 Å². The summed E-state index contributed by atoms with van der Waals surface area (Å²) in [5.41, 5.74) is 3.80. The second-order valence-electron chi connectivity index (χ2n) is 16.6. The summed E-state index contributed by atoms with van der Waals surface area (Å²) < 4.78 is 18.5. The molecule has 9 rings (SSSR count). The number of fused-ring (bicyclic) bond motifs is 2.